The molecule has 0 bridgehead atoms. The molecule has 0 aliphatic rings. The molecule has 4 nitrogen and oxygen atoms in total. The van der Waals surface area contributed by atoms with Crippen LogP contribution in [0.3, 0.4) is 0 Å². The Morgan fingerprint density at radius 2 is 1.95 bits per heavy atom. The predicted octanol–water partition coefficient (Wildman–Crippen LogP) is 1.97. The fourth-order valence-electron chi connectivity index (χ4n) is 1.85. The van der Waals surface area contributed by atoms with E-state index in [0.29, 0.717) is 13.0 Å². The average molecular weight is 264 g/mol. The Morgan fingerprint density at radius 1 is 1.37 bits per heavy atom. The number of rotatable bonds is 6. The number of carbonyl (C=O) groups excluding carboxylic acids is 1. The number of benzene rings is 1. The molecule has 0 aromatic heterocycles. The number of nitrogens with zero attached hydrogens (tertiary/aromatic N) is 1. The van der Waals surface area contributed by atoms with Crippen LogP contribution in [0.25, 0.3) is 0 Å². The molecule has 106 valence electrons. The number of carbonyl (C=O) groups is 1. The van der Waals surface area contributed by atoms with E-state index in [1.807, 2.05) is 7.05 Å². The standard InChI is InChI=1S/C15H24N2O2/c1-5-12-6-8-13(9-7-12)17(3)11-10-15(2,16)14(18)19-4/h6-9H,5,10-11,16H2,1-4H3. The first-order valence-electron chi connectivity index (χ1n) is 6.58. The van der Waals surface area contributed by atoms with Gasteiger partial charge in [-0.3, -0.25) is 4.79 Å². The maximum atomic E-state index is 11.5. The van der Waals surface area contributed by atoms with Gasteiger partial charge in [0.05, 0.1) is 7.11 Å². The average Bonchev–Trinajstić information content (AvgIpc) is 2.43. The third kappa shape index (κ3) is 4.24. The minimum atomic E-state index is -0.938. The molecule has 0 radical (unpaired) electrons. The lowest BCUT2D eigenvalue weighted by atomic mass is 9.99. The number of ether oxygens (including phenoxy) is 1. The second-order valence-electron chi connectivity index (χ2n) is 5.10. The normalized spacial score (nSPS) is 13.7. The van der Waals surface area contributed by atoms with Gasteiger partial charge < -0.3 is 15.4 Å². The number of aryl methyl sites for hydroxylation is 1. The maximum absolute atomic E-state index is 11.5. The number of methoxy groups -OCH3 is 1. The van der Waals surface area contributed by atoms with Crippen LogP contribution in [-0.4, -0.2) is 32.2 Å². The molecule has 1 unspecified atom stereocenters. The van der Waals surface area contributed by atoms with E-state index in [2.05, 4.69) is 36.1 Å². The molecule has 1 aromatic rings. The predicted molar refractivity (Wildman–Crippen MR) is 78.3 cm³/mol. The third-order valence-electron chi connectivity index (χ3n) is 3.40. The molecule has 1 atom stereocenters. The number of anilines is 1. The molecule has 0 aliphatic heterocycles. The van der Waals surface area contributed by atoms with Crippen LogP contribution in [-0.2, 0) is 16.0 Å². The van der Waals surface area contributed by atoms with Crippen molar-refractivity contribution >= 4 is 11.7 Å². The molecule has 0 amide bonds. The lowest BCUT2D eigenvalue weighted by Gasteiger charge is -2.26. The van der Waals surface area contributed by atoms with Crippen LogP contribution in [0.5, 0.6) is 0 Å². The SMILES string of the molecule is CCc1ccc(N(C)CCC(C)(N)C(=O)OC)cc1. The van der Waals surface area contributed by atoms with Crippen molar-refractivity contribution in [1.82, 2.24) is 0 Å². The highest BCUT2D eigenvalue weighted by Crippen LogP contribution is 2.16. The summed E-state index contributed by atoms with van der Waals surface area (Å²) in [5.41, 5.74) is 7.44. The van der Waals surface area contributed by atoms with Crippen LogP contribution in [0.4, 0.5) is 5.69 Å². The summed E-state index contributed by atoms with van der Waals surface area (Å²) in [7, 11) is 3.36. The van der Waals surface area contributed by atoms with Crippen LogP contribution in [0.2, 0.25) is 0 Å². The van der Waals surface area contributed by atoms with Crippen molar-refractivity contribution in [1.29, 1.82) is 0 Å². The summed E-state index contributed by atoms with van der Waals surface area (Å²) < 4.78 is 4.70. The van der Waals surface area contributed by atoms with Crippen molar-refractivity contribution in [2.45, 2.75) is 32.2 Å². The summed E-state index contributed by atoms with van der Waals surface area (Å²) in [6.07, 6.45) is 1.58. The lowest BCUT2D eigenvalue weighted by Crippen LogP contribution is -2.47. The van der Waals surface area contributed by atoms with Crippen LogP contribution in [0, 0.1) is 0 Å². The first-order chi connectivity index (χ1) is 8.90. The van der Waals surface area contributed by atoms with Gasteiger partial charge in [0, 0.05) is 19.3 Å². The quantitative estimate of drug-likeness (QED) is 0.798. The largest absolute Gasteiger partial charge is 0.468 e. The molecule has 4 heteroatoms. The molecule has 19 heavy (non-hydrogen) atoms. The molecular weight excluding hydrogens is 240 g/mol. The first kappa shape index (κ1) is 15.5. The summed E-state index contributed by atoms with van der Waals surface area (Å²) in [5.74, 6) is -0.373. The van der Waals surface area contributed by atoms with Crippen molar-refractivity contribution < 1.29 is 9.53 Å². The van der Waals surface area contributed by atoms with Crippen LogP contribution >= 0.6 is 0 Å². The molecule has 1 aromatic carbocycles. The Balaban J connectivity index is 2.59. The summed E-state index contributed by atoms with van der Waals surface area (Å²) in [6, 6.07) is 8.41. The molecule has 0 saturated heterocycles. The second-order valence-corrected chi connectivity index (χ2v) is 5.10. The Kier molecular flexibility index (Phi) is 5.36. The summed E-state index contributed by atoms with van der Waals surface area (Å²) >= 11 is 0. The first-order valence-corrected chi connectivity index (χ1v) is 6.58. The number of esters is 1. The summed E-state index contributed by atoms with van der Waals surface area (Å²) in [6.45, 7) is 4.54. The van der Waals surface area contributed by atoms with Gasteiger partial charge in [0.15, 0.2) is 0 Å². The van der Waals surface area contributed by atoms with Crippen LogP contribution in [0.15, 0.2) is 24.3 Å². The molecule has 0 saturated carbocycles. The van der Waals surface area contributed by atoms with Crippen LogP contribution < -0.4 is 10.6 Å². The van der Waals surface area contributed by atoms with E-state index >= 15 is 0 Å². The van der Waals surface area contributed by atoms with Gasteiger partial charge in [0.2, 0.25) is 0 Å². The van der Waals surface area contributed by atoms with E-state index in [-0.39, 0.29) is 5.97 Å². The van der Waals surface area contributed by atoms with Crippen molar-refractivity contribution in [3.05, 3.63) is 29.8 Å². The van der Waals surface area contributed by atoms with E-state index in [4.69, 9.17) is 10.5 Å². The second kappa shape index (κ2) is 6.57. The highest BCUT2D eigenvalue weighted by atomic mass is 16.5. The number of hydrogen-bond donors (Lipinski definition) is 1. The molecule has 0 heterocycles. The van der Waals surface area contributed by atoms with Gasteiger partial charge >= 0.3 is 5.97 Å². The topological polar surface area (TPSA) is 55.6 Å². The zero-order valence-electron chi connectivity index (χ0n) is 12.3. The highest BCUT2D eigenvalue weighted by Gasteiger charge is 2.29. The Bertz CT molecular complexity index is 413. The Labute approximate surface area is 115 Å². The Morgan fingerprint density at radius 3 is 2.42 bits per heavy atom. The Hall–Kier alpha value is -1.55. The zero-order chi connectivity index (χ0) is 14.5. The van der Waals surface area contributed by atoms with E-state index in [1.165, 1.54) is 12.7 Å². The zero-order valence-corrected chi connectivity index (χ0v) is 12.3. The van der Waals surface area contributed by atoms with E-state index in [1.54, 1.807) is 6.92 Å². The third-order valence-corrected chi connectivity index (χ3v) is 3.40. The molecule has 2 N–H and O–H groups in total. The molecule has 0 spiro atoms. The van der Waals surface area contributed by atoms with Gasteiger partial charge in [0.1, 0.15) is 5.54 Å². The number of hydrogen-bond acceptors (Lipinski definition) is 4. The van der Waals surface area contributed by atoms with Gasteiger partial charge in [-0.15, -0.1) is 0 Å². The lowest BCUT2D eigenvalue weighted by molar-refractivity contribution is -0.146. The van der Waals surface area contributed by atoms with Gasteiger partial charge in [-0.25, -0.2) is 0 Å². The molecule has 0 aliphatic carbocycles. The summed E-state index contributed by atoms with van der Waals surface area (Å²) in [4.78, 5) is 13.6. The van der Waals surface area contributed by atoms with Crippen molar-refractivity contribution in [2.24, 2.45) is 5.73 Å². The maximum Gasteiger partial charge on any atom is 0.325 e. The number of nitrogens with two attached hydrogens (primary N) is 1. The van der Waals surface area contributed by atoms with Crippen LogP contribution in [0.1, 0.15) is 25.8 Å². The minimum Gasteiger partial charge on any atom is -0.468 e. The van der Waals surface area contributed by atoms with Gasteiger partial charge in [-0.2, -0.15) is 0 Å². The van der Waals surface area contributed by atoms with Gasteiger partial charge in [-0.1, -0.05) is 19.1 Å². The van der Waals surface area contributed by atoms with E-state index in [0.717, 1.165) is 12.1 Å². The van der Waals surface area contributed by atoms with E-state index in [9.17, 15) is 4.79 Å². The van der Waals surface area contributed by atoms with Gasteiger partial charge in [-0.05, 0) is 37.5 Å². The fraction of sp³-hybridized carbons (Fsp3) is 0.533. The van der Waals surface area contributed by atoms with Gasteiger partial charge in [0.25, 0.3) is 0 Å². The minimum absolute atomic E-state index is 0.373. The molecular formula is C15H24N2O2. The molecule has 1 rings (SSSR count). The fourth-order valence-corrected chi connectivity index (χ4v) is 1.85. The monoisotopic (exact) mass is 264 g/mol. The van der Waals surface area contributed by atoms with Crippen molar-refractivity contribution in [3.63, 3.8) is 0 Å². The van der Waals surface area contributed by atoms with Crippen molar-refractivity contribution in [2.75, 3.05) is 25.6 Å². The molecule has 0 fully saturated rings. The smallest absolute Gasteiger partial charge is 0.325 e. The van der Waals surface area contributed by atoms with E-state index < -0.39 is 5.54 Å². The van der Waals surface area contributed by atoms with Crippen molar-refractivity contribution in [3.8, 4) is 0 Å². The summed E-state index contributed by atoms with van der Waals surface area (Å²) in [5, 5.41) is 0. The highest BCUT2D eigenvalue weighted by molar-refractivity contribution is 5.79.